The van der Waals surface area contributed by atoms with Crippen molar-refractivity contribution < 1.29 is 26.9 Å². The number of amides is 2. The van der Waals surface area contributed by atoms with E-state index >= 15 is 0 Å². The van der Waals surface area contributed by atoms with Crippen LogP contribution in [0.4, 0.5) is 5.69 Å². The molecule has 10 nitrogen and oxygen atoms in total. The Kier molecular flexibility index (Phi) is 6.34. The van der Waals surface area contributed by atoms with Crippen LogP contribution in [0.15, 0.2) is 56.5 Å². The molecule has 0 spiro atoms. The zero-order valence-corrected chi connectivity index (χ0v) is 19.1. The maximum Gasteiger partial charge on any atom is 0.291 e. The number of carbonyl (C=O) groups is 2. The van der Waals surface area contributed by atoms with Crippen LogP contribution in [0.3, 0.4) is 0 Å². The van der Waals surface area contributed by atoms with Gasteiger partial charge >= 0.3 is 0 Å². The van der Waals surface area contributed by atoms with Crippen LogP contribution in [-0.4, -0.2) is 60.8 Å². The number of rotatable bonds is 5. The van der Waals surface area contributed by atoms with Gasteiger partial charge in [-0.25, -0.2) is 8.42 Å². The molecule has 3 aromatic rings. The Hall–Kier alpha value is -3.44. The van der Waals surface area contributed by atoms with E-state index in [1.807, 2.05) is 0 Å². The predicted molar refractivity (Wildman–Crippen MR) is 118 cm³/mol. The largest absolute Gasteiger partial charge is 0.459 e. The van der Waals surface area contributed by atoms with Crippen LogP contribution < -0.4 is 5.32 Å². The smallest absolute Gasteiger partial charge is 0.291 e. The van der Waals surface area contributed by atoms with E-state index in [-0.39, 0.29) is 42.0 Å². The summed E-state index contributed by atoms with van der Waals surface area (Å²) in [6, 6.07) is 9.77. The molecule has 0 unspecified atom stereocenters. The average molecular weight is 473 g/mol. The number of sulfonamides is 1. The molecule has 3 heterocycles. The highest BCUT2D eigenvalue weighted by atomic mass is 32.2. The second-order valence-corrected chi connectivity index (χ2v) is 9.59. The van der Waals surface area contributed by atoms with Gasteiger partial charge in [0.05, 0.1) is 6.26 Å². The van der Waals surface area contributed by atoms with Gasteiger partial charge in [0.25, 0.3) is 11.8 Å². The van der Waals surface area contributed by atoms with Gasteiger partial charge in [0.15, 0.2) is 11.5 Å². The molecule has 0 saturated carbocycles. The highest BCUT2D eigenvalue weighted by molar-refractivity contribution is 7.89. The molecule has 2 aromatic heterocycles. The fourth-order valence-electron chi connectivity index (χ4n) is 3.82. The number of aryl methyl sites for hydroxylation is 2. The number of benzene rings is 1. The number of aromatic nitrogens is 1. The molecule has 0 aliphatic carbocycles. The monoisotopic (exact) mass is 472 g/mol. The van der Waals surface area contributed by atoms with Gasteiger partial charge < -0.3 is 19.2 Å². The topological polar surface area (TPSA) is 126 Å². The summed E-state index contributed by atoms with van der Waals surface area (Å²) in [7, 11) is -3.78. The number of hydrogen-bond donors (Lipinski definition) is 1. The van der Waals surface area contributed by atoms with Gasteiger partial charge in [-0.15, -0.1) is 0 Å². The van der Waals surface area contributed by atoms with Crippen molar-refractivity contribution in [2.75, 3.05) is 31.5 Å². The number of carbonyl (C=O) groups excluding carboxylic acids is 2. The summed E-state index contributed by atoms with van der Waals surface area (Å²) >= 11 is 0. The van der Waals surface area contributed by atoms with Gasteiger partial charge in [-0.3, -0.25) is 9.59 Å². The quantitative estimate of drug-likeness (QED) is 0.605. The Morgan fingerprint density at radius 2 is 1.88 bits per heavy atom. The molecule has 0 bridgehead atoms. The molecule has 1 aliphatic rings. The molecular formula is C22H24N4O6S. The summed E-state index contributed by atoms with van der Waals surface area (Å²) in [6.45, 7) is 4.26. The van der Waals surface area contributed by atoms with Crippen LogP contribution in [0.5, 0.6) is 0 Å². The lowest BCUT2D eigenvalue weighted by atomic mass is 10.1. The SMILES string of the molecule is Cc1noc(C)c1S(=O)(=O)N1CCCN(C(=O)c2cccc(NC(=O)c3ccco3)c2)CC1. The zero-order valence-electron chi connectivity index (χ0n) is 18.3. The minimum atomic E-state index is -3.78. The van der Waals surface area contributed by atoms with Crippen molar-refractivity contribution in [1.29, 1.82) is 0 Å². The molecule has 0 radical (unpaired) electrons. The van der Waals surface area contributed by atoms with E-state index in [0.717, 1.165) is 0 Å². The maximum atomic E-state index is 13.1. The zero-order chi connectivity index (χ0) is 23.6. The second-order valence-electron chi connectivity index (χ2n) is 7.72. The second kappa shape index (κ2) is 9.20. The first-order valence-electron chi connectivity index (χ1n) is 10.4. The number of hydrogen-bond acceptors (Lipinski definition) is 7. The van der Waals surface area contributed by atoms with E-state index < -0.39 is 15.9 Å². The van der Waals surface area contributed by atoms with Gasteiger partial charge in [0.1, 0.15) is 10.6 Å². The van der Waals surface area contributed by atoms with Gasteiger partial charge in [-0.1, -0.05) is 11.2 Å². The van der Waals surface area contributed by atoms with Gasteiger partial charge in [-0.2, -0.15) is 4.31 Å². The van der Waals surface area contributed by atoms with Crippen LogP contribution in [0, 0.1) is 13.8 Å². The minimum absolute atomic E-state index is 0.0854. The van der Waals surface area contributed by atoms with E-state index in [1.54, 1.807) is 55.1 Å². The first-order chi connectivity index (χ1) is 15.8. The van der Waals surface area contributed by atoms with Crippen LogP contribution in [-0.2, 0) is 10.0 Å². The van der Waals surface area contributed by atoms with Crippen LogP contribution in [0.1, 0.15) is 38.8 Å². The van der Waals surface area contributed by atoms with Gasteiger partial charge in [-0.05, 0) is 50.6 Å². The van der Waals surface area contributed by atoms with Gasteiger partial charge in [0.2, 0.25) is 10.0 Å². The fraction of sp³-hybridized carbons (Fsp3) is 0.318. The van der Waals surface area contributed by atoms with E-state index in [1.165, 1.54) is 10.6 Å². The van der Waals surface area contributed by atoms with E-state index in [0.29, 0.717) is 29.9 Å². The standard InChI is InChI=1S/C22H24N4O6S/c1-15-20(16(2)32-24-15)33(29,30)26-10-5-9-25(11-12-26)22(28)17-6-3-7-18(14-17)23-21(27)19-8-4-13-31-19/h3-4,6-8,13-14H,5,9-12H2,1-2H3,(H,23,27). The molecule has 174 valence electrons. The molecule has 33 heavy (non-hydrogen) atoms. The maximum absolute atomic E-state index is 13.1. The van der Waals surface area contributed by atoms with E-state index in [2.05, 4.69) is 10.5 Å². The predicted octanol–water partition coefficient (Wildman–Crippen LogP) is 2.67. The summed E-state index contributed by atoms with van der Waals surface area (Å²) in [5.41, 5.74) is 1.17. The van der Waals surface area contributed by atoms with Crippen LogP contribution in [0.2, 0.25) is 0 Å². The third-order valence-electron chi connectivity index (χ3n) is 5.42. The summed E-state index contributed by atoms with van der Waals surface area (Å²) in [5, 5.41) is 6.45. The fourth-order valence-corrected chi connectivity index (χ4v) is 5.58. The Bertz CT molecular complexity index is 1250. The van der Waals surface area contributed by atoms with E-state index in [9.17, 15) is 18.0 Å². The highest BCUT2D eigenvalue weighted by Gasteiger charge is 2.33. The lowest BCUT2D eigenvalue weighted by Crippen LogP contribution is -2.37. The first-order valence-corrected chi connectivity index (χ1v) is 11.9. The lowest BCUT2D eigenvalue weighted by molar-refractivity contribution is 0.0764. The summed E-state index contributed by atoms with van der Waals surface area (Å²) in [5.74, 6) is -0.239. The molecule has 1 saturated heterocycles. The number of nitrogens with zero attached hydrogens (tertiary/aromatic N) is 3. The third-order valence-corrected chi connectivity index (χ3v) is 7.56. The highest BCUT2D eigenvalue weighted by Crippen LogP contribution is 2.24. The lowest BCUT2D eigenvalue weighted by Gasteiger charge is -2.22. The molecule has 0 atom stereocenters. The van der Waals surface area contributed by atoms with Crippen molar-refractivity contribution >= 4 is 27.5 Å². The number of furan rings is 1. The molecule has 2 amide bonds. The first kappa shape index (κ1) is 22.7. The molecule has 1 aromatic carbocycles. The molecule has 11 heteroatoms. The van der Waals surface area contributed by atoms with E-state index in [4.69, 9.17) is 8.94 Å². The molecule has 1 N–H and O–H groups in total. The van der Waals surface area contributed by atoms with Crippen molar-refractivity contribution in [3.63, 3.8) is 0 Å². The van der Waals surface area contributed by atoms with Crippen molar-refractivity contribution in [3.05, 3.63) is 65.4 Å². The summed E-state index contributed by atoms with van der Waals surface area (Å²) in [6.07, 6.45) is 1.90. The molecule has 1 aliphatic heterocycles. The summed E-state index contributed by atoms with van der Waals surface area (Å²) < 4.78 is 37.7. The van der Waals surface area contributed by atoms with Crippen molar-refractivity contribution in [1.82, 2.24) is 14.4 Å². The average Bonchev–Trinajstić information content (AvgIpc) is 3.36. The van der Waals surface area contributed by atoms with Crippen LogP contribution >= 0.6 is 0 Å². The third kappa shape index (κ3) is 4.69. The summed E-state index contributed by atoms with van der Waals surface area (Å²) in [4.78, 5) is 27.0. The van der Waals surface area contributed by atoms with Crippen molar-refractivity contribution in [2.45, 2.75) is 25.2 Å². The van der Waals surface area contributed by atoms with Crippen LogP contribution in [0.25, 0.3) is 0 Å². The normalized spacial score (nSPS) is 15.3. The Morgan fingerprint density at radius 1 is 1.06 bits per heavy atom. The molecule has 4 rings (SSSR count). The Morgan fingerprint density at radius 3 is 2.58 bits per heavy atom. The van der Waals surface area contributed by atoms with Gasteiger partial charge in [0, 0.05) is 37.4 Å². The number of nitrogens with one attached hydrogen (secondary N) is 1. The molecular weight excluding hydrogens is 448 g/mol. The Labute approximate surface area is 191 Å². The van der Waals surface area contributed by atoms with Crippen molar-refractivity contribution in [3.8, 4) is 0 Å². The van der Waals surface area contributed by atoms with Crippen molar-refractivity contribution in [2.24, 2.45) is 0 Å². The Balaban J connectivity index is 1.45. The number of anilines is 1. The minimum Gasteiger partial charge on any atom is -0.459 e. The molecule has 1 fully saturated rings.